The highest BCUT2D eigenvalue weighted by Gasteiger charge is 2.19. The van der Waals surface area contributed by atoms with E-state index in [1.165, 1.54) is 4.90 Å². The molecule has 1 aromatic carbocycles. The van der Waals surface area contributed by atoms with Gasteiger partial charge in [-0.15, -0.1) is 0 Å². The molecule has 0 fully saturated rings. The number of likely N-dealkylation sites (N-methyl/N-ethyl adjacent to an activating group) is 1. The molecule has 0 aliphatic rings. The fraction of sp³-hybridized carbons (Fsp3) is 0.333. The summed E-state index contributed by atoms with van der Waals surface area (Å²) in [6, 6.07) is 4.40. The third-order valence-electron chi connectivity index (χ3n) is 2.42. The van der Waals surface area contributed by atoms with Gasteiger partial charge in [0.1, 0.15) is 6.04 Å². The SMILES string of the molecule is CC(NC(=O)c1ccc(Br)cc1N)C(=O)N(C)C. The maximum atomic E-state index is 11.9. The minimum atomic E-state index is -0.587. The van der Waals surface area contributed by atoms with Crippen molar-refractivity contribution in [2.75, 3.05) is 19.8 Å². The van der Waals surface area contributed by atoms with Crippen molar-refractivity contribution in [3.63, 3.8) is 0 Å². The van der Waals surface area contributed by atoms with Gasteiger partial charge < -0.3 is 16.0 Å². The summed E-state index contributed by atoms with van der Waals surface area (Å²) in [4.78, 5) is 25.0. The molecule has 0 bridgehead atoms. The van der Waals surface area contributed by atoms with E-state index in [1.54, 1.807) is 39.2 Å². The Hall–Kier alpha value is -1.56. The van der Waals surface area contributed by atoms with Gasteiger partial charge in [-0.25, -0.2) is 0 Å². The first-order chi connectivity index (χ1) is 8.32. The van der Waals surface area contributed by atoms with Gasteiger partial charge >= 0.3 is 0 Å². The van der Waals surface area contributed by atoms with Crippen molar-refractivity contribution in [2.24, 2.45) is 0 Å². The van der Waals surface area contributed by atoms with Gasteiger partial charge in [0.05, 0.1) is 5.56 Å². The number of rotatable bonds is 3. The number of amides is 2. The summed E-state index contributed by atoms with van der Waals surface area (Å²) in [5.74, 6) is -0.526. The lowest BCUT2D eigenvalue weighted by Gasteiger charge is -2.18. The van der Waals surface area contributed by atoms with Gasteiger partial charge in [-0.05, 0) is 25.1 Å². The van der Waals surface area contributed by atoms with Crippen LogP contribution in [0.1, 0.15) is 17.3 Å². The van der Waals surface area contributed by atoms with Gasteiger partial charge in [-0.1, -0.05) is 15.9 Å². The summed E-state index contributed by atoms with van der Waals surface area (Å²) in [5, 5.41) is 2.61. The van der Waals surface area contributed by atoms with Gasteiger partial charge in [-0.2, -0.15) is 0 Å². The van der Waals surface area contributed by atoms with Crippen molar-refractivity contribution >= 4 is 33.4 Å². The third-order valence-corrected chi connectivity index (χ3v) is 2.91. The minimum absolute atomic E-state index is 0.168. The zero-order valence-electron chi connectivity index (χ0n) is 10.5. The fourth-order valence-corrected chi connectivity index (χ4v) is 1.84. The summed E-state index contributed by atoms with van der Waals surface area (Å²) in [5.41, 5.74) is 6.47. The highest BCUT2D eigenvalue weighted by Crippen LogP contribution is 2.18. The predicted octanol–water partition coefficient (Wildman–Crippen LogP) is 1.24. The zero-order valence-corrected chi connectivity index (χ0v) is 12.1. The molecule has 0 aliphatic heterocycles. The van der Waals surface area contributed by atoms with E-state index < -0.39 is 6.04 Å². The fourth-order valence-electron chi connectivity index (χ4n) is 1.46. The van der Waals surface area contributed by atoms with E-state index in [0.717, 1.165) is 4.47 Å². The number of halogens is 1. The molecule has 0 spiro atoms. The van der Waals surface area contributed by atoms with Crippen LogP contribution in [0.25, 0.3) is 0 Å². The number of carbonyl (C=O) groups excluding carboxylic acids is 2. The Labute approximate surface area is 114 Å². The van der Waals surface area contributed by atoms with Crippen LogP contribution in [0.2, 0.25) is 0 Å². The standard InChI is InChI=1S/C12H16BrN3O2/c1-7(12(18)16(2)3)15-11(17)9-5-4-8(13)6-10(9)14/h4-7H,14H2,1-3H3,(H,15,17). The minimum Gasteiger partial charge on any atom is -0.398 e. The summed E-state index contributed by atoms with van der Waals surface area (Å²) in [7, 11) is 3.28. The van der Waals surface area contributed by atoms with Crippen LogP contribution >= 0.6 is 15.9 Å². The van der Waals surface area contributed by atoms with Crippen LogP contribution in [0.3, 0.4) is 0 Å². The summed E-state index contributed by atoms with van der Waals surface area (Å²) in [6.45, 7) is 1.63. The molecule has 0 radical (unpaired) electrons. The summed E-state index contributed by atoms with van der Waals surface area (Å²) in [6.07, 6.45) is 0. The van der Waals surface area contributed by atoms with Crippen molar-refractivity contribution in [3.8, 4) is 0 Å². The van der Waals surface area contributed by atoms with E-state index in [1.807, 2.05) is 0 Å². The molecule has 0 aliphatic carbocycles. The van der Waals surface area contributed by atoms with Crippen LogP contribution in [-0.4, -0.2) is 36.9 Å². The number of carbonyl (C=O) groups is 2. The molecule has 0 saturated heterocycles. The Kier molecular flexibility index (Phi) is 4.72. The molecular formula is C12H16BrN3O2. The largest absolute Gasteiger partial charge is 0.398 e. The second kappa shape index (κ2) is 5.86. The monoisotopic (exact) mass is 313 g/mol. The Bertz CT molecular complexity index is 474. The van der Waals surface area contributed by atoms with E-state index >= 15 is 0 Å². The molecule has 18 heavy (non-hydrogen) atoms. The Morgan fingerprint density at radius 3 is 2.50 bits per heavy atom. The lowest BCUT2D eigenvalue weighted by Crippen LogP contribution is -2.44. The van der Waals surface area contributed by atoms with Gasteiger partial charge in [0.15, 0.2) is 0 Å². The first-order valence-corrected chi connectivity index (χ1v) is 6.19. The lowest BCUT2D eigenvalue weighted by atomic mass is 10.1. The number of hydrogen-bond donors (Lipinski definition) is 2. The molecule has 1 rings (SSSR count). The number of nitrogens with one attached hydrogen (secondary N) is 1. The van der Waals surface area contributed by atoms with Gasteiger partial charge in [0.25, 0.3) is 5.91 Å². The smallest absolute Gasteiger partial charge is 0.254 e. The van der Waals surface area contributed by atoms with Crippen LogP contribution in [0.15, 0.2) is 22.7 Å². The molecule has 6 heteroatoms. The number of hydrogen-bond acceptors (Lipinski definition) is 3. The quantitative estimate of drug-likeness (QED) is 0.824. The second-order valence-corrected chi connectivity index (χ2v) is 5.08. The average Bonchev–Trinajstić information content (AvgIpc) is 2.27. The third kappa shape index (κ3) is 3.46. The van der Waals surface area contributed by atoms with Crippen LogP contribution in [-0.2, 0) is 4.79 Å². The van der Waals surface area contributed by atoms with Crippen LogP contribution < -0.4 is 11.1 Å². The average molecular weight is 314 g/mol. The molecule has 98 valence electrons. The number of nitrogens with two attached hydrogens (primary N) is 1. The van der Waals surface area contributed by atoms with E-state index in [2.05, 4.69) is 21.2 Å². The molecule has 0 saturated carbocycles. The number of nitrogens with zero attached hydrogens (tertiary/aromatic N) is 1. The van der Waals surface area contributed by atoms with E-state index in [0.29, 0.717) is 11.3 Å². The van der Waals surface area contributed by atoms with Crippen LogP contribution in [0.4, 0.5) is 5.69 Å². The molecule has 0 heterocycles. The molecule has 0 aromatic heterocycles. The lowest BCUT2D eigenvalue weighted by molar-refractivity contribution is -0.130. The highest BCUT2D eigenvalue weighted by molar-refractivity contribution is 9.10. The topological polar surface area (TPSA) is 75.4 Å². The molecule has 1 unspecified atom stereocenters. The van der Waals surface area contributed by atoms with E-state index in [9.17, 15) is 9.59 Å². The maximum absolute atomic E-state index is 11.9. The Balaban J connectivity index is 2.80. The highest BCUT2D eigenvalue weighted by atomic mass is 79.9. The van der Waals surface area contributed by atoms with Gasteiger partial charge in [0.2, 0.25) is 5.91 Å². The normalized spacial score (nSPS) is 11.8. The van der Waals surface area contributed by atoms with E-state index in [4.69, 9.17) is 5.73 Å². The summed E-state index contributed by atoms with van der Waals surface area (Å²) >= 11 is 3.27. The van der Waals surface area contributed by atoms with Crippen molar-refractivity contribution in [1.82, 2.24) is 10.2 Å². The summed E-state index contributed by atoms with van der Waals surface area (Å²) < 4.78 is 0.800. The van der Waals surface area contributed by atoms with Crippen molar-refractivity contribution in [1.29, 1.82) is 0 Å². The maximum Gasteiger partial charge on any atom is 0.254 e. The van der Waals surface area contributed by atoms with Crippen molar-refractivity contribution < 1.29 is 9.59 Å². The Morgan fingerprint density at radius 2 is 2.00 bits per heavy atom. The van der Waals surface area contributed by atoms with Gasteiger partial charge in [-0.3, -0.25) is 9.59 Å². The Morgan fingerprint density at radius 1 is 1.39 bits per heavy atom. The first-order valence-electron chi connectivity index (χ1n) is 5.40. The molecule has 5 nitrogen and oxygen atoms in total. The van der Waals surface area contributed by atoms with Crippen LogP contribution in [0.5, 0.6) is 0 Å². The number of anilines is 1. The van der Waals surface area contributed by atoms with Crippen LogP contribution in [0, 0.1) is 0 Å². The number of benzene rings is 1. The van der Waals surface area contributed by atoms with E-state index in [-0.39, 0.29) is 11.8 Å². The predicted molar refractivity (Wildman–Crippen MR) is 74.2 cm³/mol. The number of nitrogen functional groups attached to an aromatic ring is 1. The first kappa shape index (κ1) is 14.5. The molecule has 3 N–H and O–H groups in total. The zero-order chi connectivity index (χ0) is 13.9. The van der Waals surface area contributed by atoms with Crippen molar-refractivity contribution in [3.05, 3.63) is 28.2 Å². The molecular weight excluding hydrogens is 298 g/mol. The molecule has 2 amide bonds. The molecule has 1 atom stereocenters. The van der Waals surface area contributed by atoms with Gasteiger partial charge in [0, 0.05) is 24.3 Å². The second-order valence-electron chi connectivity index (χ2n) is 4.16. The molecule has 1 aromatic rings. The van der Waals surface area contributed by atoms with Crippen molar-refractivity contribution in [2.45, 2.75) is 13.0 Å².